The van der Waals surface area contributed by atoms with Gasteiger partial charge in [0.2, 0.25) is 5.76 Å². The van der Waals surface area contributed by atoms with E-state index < -0.39 is 5.91 Å². The summed E-state index contributed by atoms with van der Waals surface area (Å²) in [6.07, 6.45) is 1.41. The summed E-state index contributed by atoms with van der Waals surface area (Å²) in [5, 5.41) is 6.61. The highest BCUT2D eigenvalue weighted by molar-refractivity contribution is 7.22. The summed E-state index contributed by atoms with van der Waals surface area (Å²) in [7, 11) is 3.12. The van der Waals surface area contributed by atoms with Crippen molar-refractivity contribution >= 4 is 32.6 Å². The van der Waals surface area contributed by atoms with Gasteiger partial charge in [-0.25, -0.2) is 4.98 Å². The highest BCUT2D eigenvalue weighted by Gasteiger charge is 2.14. The monoisotopic (exact) mass is 305 g/mol. The van der Waals surface area contributed by atoms with Gasteiger partial charge in [-0.15, -0.1) is 0 Å². The molecule has 1 aromatic carbocycles. The minimum Gasteiger partial charge on any atom is -0.493 e. The number of methoxy groups -OCH3 is 2. The average molecular weight is 305 g/mol. The molecule has 108 valence electrons. The SMILES string of the molecule is COc1cc2nc(NC(=O)c3ccno3)sc2cc1OC. The second kappa shape index (κ2) is 5.41. The van der Waals surface area contributed by atoms with E-state index in [1.807, 2.05) is 6.07 Å². The van der Waals surface area contributed by atoms with Crippen LogP contribution in [0.1, 0.15) is 10.6 Å². The maximum atomic E-state index is 11.9. The van der Waals surface area contributed by atoms with E-state index in [1.165, 1.54) is 23.6 Å². The lowest BCUT2D eigenvalue weighted by molar-refractivity contribution is 0.0988. The molecule has 2 heterocycles. The van der Waals surface area contributed by atoms with Crippen molar-refractivity contribution < 1.29 is 18.8 Å². The number of nitrogens with one attached hydrogen (secondary N) is 1. The van der Waals surface area contributed by atoms with Gasteiger partial charge in [0.1, 0.15) is 0 Å². The fraction of sp³-hybridized carbons (Fsp3) is 0.154. The molecule has 1 N–H and O–H groups in total. The van der Waals surface area contributed by atoms with Gasteiger partial charge in [-0.05, 0) is 0 Å². The Morgan fingerprint density at radius 1 is 1.29 bits per heavy atom. The van der Waals surface area contributed by atoms with Crippen LogP contribution < -0.4 is 14.8 Å². The number of hydrogen-bond acceptors (Lipinski definition) is 7. The van der Waals surface area contributed by atoms with E-state index in [1.54, 1.807) is 20.3 Å². The summed E-state index contributed by atoms with van der Waals surface area (Å²) >= 11 is 1.33. The quantitative estimate of drug-likeness (QED) is 0.797. The molecule has 3 aromatic rings. The first-order valence-electron chi connectivity index (χ1n) is 5.96. The average Bonchev–Trinajstić information content (AvgIpc) is 3.14. The maximum Gasteiger partial charge on any atom is 0.296 e. The van der Waals surface area contributed by atoms with E-state index in [2.05, 4.69) is 15.5 Å². The molecule has 0 aliphatic rings. The highest BCUT2D eigenvalue weighted by atomic mass is 32.1. The summed E-state index contributed by atoms with van der Waals surface area (Å²) in [5.74, 6) is 0.931. The Bertz CT molecular complexity index is 741. The van der Waals surface area contributed by atoms with Gasteiger partial charge >= 0.3 is 0 Å². The number of amides is 1. The van der Waals surface area contributed by atoms with Gasteiger partial charge in [-0.2, -0.15) is 0 Å². The van der Waals surface area contributed by atoms with Gasteiger partial charge in [-0.3, -0.25) is 10.1 Å². The van der Waals surface area contributed by atoms with Crippen LogP contribution in [0.3, 0.4) is 0 Å². The van der Waals surface area contributed by atoms with Gasteiger partial charge in [0.25, 0.3) is 5.91 Å². The second-order valence-electron chi connectivity index (χ2n) is 4.02. The summed E-state index contributed by atoms with van der Waals surface area (Å²) in [4.78, 5) is 16.2. The second-order valence-corrected chi connectivity index (χ2v) is 5.06. The van der Waals surface area contributed by atoms with Crippen molar-refractivity contribution in [3.63, 3.8) is 0 Å². The first kappa shape index (κ1) is 13.4. The fourth-order valence-electron chi connectivity index (χ4n) is 1.80. The molecule has 0 unspecified atom stereocenters. The third-order valence-corrected chi connectivity index (χ3v) is 3.71. The molecular weight excluding hydrogens is 294 g/mol. The molecule has 0 fully saturated rings. The Morgan fingerprint density at radius 2 is 2.05 bits per heavy atom. The molecule has 0 atom stereocenters. The predicted octanol–water partition coefficient (Wildman–Crippen LogP) is 2.55. The van der Waals surface area contributed by atoms with Crippen molar-refractivity contribution in [2.24, 2.45) is 0 Å². The minimum atomic E-state index is -0.398. The Hall–Kier alpha value is -2.61. The molecule has 0 saturated heterocycles. The number of carbonyl (C=O) groups is 1. The Morgan fingerprint density at radius 3 is 2.71 bits per heavy atom. The van der Waals surface area contributed by atoms with Crippen molar-refractivity contribution in [2.75, 3.05) is 19.5 Å². The molecule has 3 rings (SSSR count). The van der Waals surface area contributed by atoms with Gasteiger partial charge in [0, 0.05) is 18.2 Å². The molecule has 0 bridgehead atoms. The van der Waals surface area contributed by atoms with E-state index in [9.17, 15) is 4.79 Å². The molecule has 1 amide bonds. The van der Waals surface area contributed by atoms with Crippen molar-refractivity contribution in [1.29, 1.82) is 0 Å². The molecule has 0 saturated carbocycles. The van der Waals surface area contributed by atoms with Gasteiger partial charge in [0.15, 0.2) is 16.6 Å². The standard InChI is InChI=1S/C13H11N3O4S/c1-18-9-5-7-11(6-10(9)19-2)21-13(15-7)16-12(17)8-3-4-14-20-8/h3-6H,1-2H3,(H,15,16,17). The fourth-order valence-corrected chi connectivity index (χ4v) is 2.67. The third kappa shape index (κ3) is 2.52. The number of thiazole rings is 1. The van der Waals surface area contributed by atoms with E-state index in [4.69, 9.17) is 14.0 Å². The van der Waals surface area contributed by atoms with Crippen molar-refractivity contribution in [3.05, 3.63) is 30.2 Å². The largest absolute Gasteiger partial charge is 0.493 e. The van der Waals surface area contributed by atoms with Crippen LogP contribution in [0, 0.1) is 0 Å². The first-order chi connectivity index (χ1) is 10.2. The molecule has 0 aliphatic carbocycles. The number of carbonyl (C=O) groups excluding carboxylic acids is 1. The zero-order valence-corrected chi connectivity index (χ0v) is 12.1. The van der Waals surface area contributed by atoms with Crippen LogP contribution in [0.25, 0.3) is 10.2 Å². The molecule has 0 radical (unpaired) electrons. The predicted molar refractivity (Wildman–Crippen MR) is 77.2 cm³/mol. The molecule has 8 heteroatoms. The first-order valence-corrected chi connectivity index (χ1v) is 6.77. The van der Waals surface area contributed by atoms with Crippen LogP contribution in [0.15, 0.2) is 28.9 Å². The number of nitrogens with zero attached hydrogens (tertiary/aromatic N) is 2. The van der Waals surface area contributed by atoms with Gasteiger partial charge in [-0.1, -0.05) is 16.5 Å². The number of ether oxygens (including phenoxy) is 2. The zero-order chi connectivity index (χ0) is 14.8. The summed E-state index contributed by atoms with van der Waals surface area (Å²) in [6.45, 7) is 0. The summed E-state index contributed by atoms with van der Waals surface area (Å²) in [5.41, 5.74) is 0.713. The number of anilines is 1. The normalized spacial score (nSPS) is 10.6. The zero-order valence-electron chi connectivity index (χ0n) is 11.2. The topological polar surface area (TPSA) is 86.5 Å². The van der Waals surface area contributed by atoms with Crippen molar-refractivity contribution in [3.8, 4) is 11.5 Å². The van der Waals surface area contributed by atoms with Crippen LogP contribution in [0.5, 0.6) is 11.5 Å². The maximum absolute atomic E-state index is 11.9. The lowest BCUT2D eigenvalue weighted by atomic mass is 10.3. The molecule has 0 aliphatic heterocycles. The molecule has 2 aromatic heterocycles. The van der Waals surface area contributed by atoms with Crippen LogP contribution in [-0.2, 0) is 0 Å². The number of rotatable bonds is 4. The van der Waals surface area contributed by atoms with Crippen LogP contribution in [-0.4, -0.2) is 30.3 Å². The molecular formula is C13H11N3O4S. The third-order valence-electron chi connectivity index (χ3n) is 2.78. The van der Waals surface area contributed by atoms with Gasteiger partial charge < -0.3 is 14.0 Å². The number of hydrogen-bond donors (Lipinski definition) is 1. The Labute approximate surface area is 123 Å². The lowest BCUT2D eigenvalue weighted by Crippen LogP contribution is -2.10. The lowest BCUT2D eigenvalue weighted by Gasteiger charge is -2.05. The van der Waals surface area contributed by atoms with Crippen LogP contribution >= 0.6 is 11.3 Å². The van der Waals surface area contributed by atoms with Crippen molar-refractivity contribution in [1.82, 2.24) is 10.1 Å². The van der Waals surface area contributed by atoms with E-state index >= 15 is 0 Å². The van der Waals surface area contributed by atoms with Gasteiger partial charge in [0.05, 0.1) is 30.6 Å². The van der Waals surface area contributed by atoms with E-state index in [0.29, 0.717) is 22.1 Å². The Kier molecular flexibility index (Phi) is 3.44. The van der Waals surface area contributed by atoms with E-state index in [-0.39, 0.29) is 5.76 Å². The molecule has 0 spiro atoms. The minimum absolute atomic E-state index is 0.129. The smallest absolute Gasteiger partial charge is 0.296 e. The molecule has 7 nitrogen and oxygen atoms in total. The number of benzene rings is 1. The van der Waals surface area contributed by atoms with Crippen LogP contribution in [0.4, 0.5) is 5.13 Å². The van der Waals surface area contributed by atoms with Crippen LogP contribution in [0.2, 0.25) is 0 Å². The summed E-state index contributed by atoms with van der Waals surface area (Å²) < 4.78 is 16.1. The Balaban J connectivity index is 1.92. The number of aromatic nitrogens is 2. The summed E-state index contributed by atoms with van der Waals surface area (Å²) in [6, 6.07) is 5.05. The number of fused-ring (bicyclic) bond motifs is 1. The van der Waals surface area contributed by atoms with E-state index in [0.717, 1.165) is 4.70 Å². The van der Waals surface area contributed by atoms with Crippen molar-refractivity contribution in [2.45, 2.75) is 0 Å². The molecule has 21 heavy (non-hydrogen) atoms. The highest BCUT2D eigenvalue weighted by Crippen LogP contribution is 2.36.